The van der Waals surface area contributed by atoms with Crippen LogP contribution < -0.4 is 0 Å². The maximum atomic E-state index is 12.3. The van der Waals surface area contributed by atoms with E-state index in [0.29, 0.717) is 5.65 Å². The van der Waals surface area contributed by atoms with Gasteiger partial charge in [0.2, 0.25) is 0 Å². The van der Waals surface area contributed by atoms with Crippen molar-refractivity contribution in [3.63, 3.8) is 0 Å². The van der Waals surface area contributed by atoms with Gasteiger partial charge in [-0.25, -0.2) is 13.8 Å². The van der Waals surface area contributed by atoms with E-state index in [1.54, 1.807) is 6.20 Å². The third kappa shape index (κ3) is 1.37. The quantitative estimate of drug-likeness (QED) is 0.650. The number of aromatic nitrogens is 2. The van der Waals surface area contributed by atoms with E-state index >= 15 is 0 Å². The van der Waals surface area contributed by atoms with Crippen LogP contribution in [0.3, 0.4) is 0 Å². The summed E-state index contributed by atoms with van der Waals surface area (Å²) in [5.41, 5.74) is 0.325. The monoisotopic (exact) mass is 202 g/mol. The number of imidazole rings is 1. The largest absolute Gasteiger partial charge is 0.290 e. The molecule has 0 N–H and O–H groups in total. The molecule has 68 valence electrons. The maximum absolute atomic E-state index is 12.3. The van der Waals surface area contributed by atoms with Gasteiger partial charge in [-0.15, -0.1) is 0 Å². The zero-order valence-electron chi connectivity index (χ0n) is 6.42. The lowest BCUT2D eigenvalue weighted by Crippen LogP contribution is -1.90. The van der Waals surface area contributed by atoms with Crippen molar-refractivity contribution in [1.82, 2.24) is 9.38 Å². The van der Waals surface area contributed by atoms with Crippen molar-refractivity contribution in [2.75, 3.05) is 0 Å². The molecule has 0 amide bonds. The number of alkyl halides is 2. The van der Waals surface area contributed by atoms with E-state index in [-0.39, 0.29) is 10.7 Å². The first-order valence-electron chi connectivity index (χ1n) is 3.59. The molecule has 0 aliphatic rings. The summed E-state index contributed by atoms with van der Waals surface area (Å²) in [4.78, 5) is 3.87. The zero-order valence-corrected chi connectivity index (χ0v) is 7.17. The molecule has 0 saturated heterocycles. The lowest BCUT2D eigenvalue weighted by Gasteiger charge is -2.02. The van der Waals surface area contributed by atoms with Gasteiger partial charge in [0.1, 0.15) is 10.8 Å². The highest BCUT2D eigenvalue weighted by Gasteiger charge is 2.10. The molecule has 0 fully saturated rings. The molecule has 5 heteroatoms. The van der Waals surface area contributed by atoms with Gasteiger partial charge in [0, 0.05) is 18.0 Å². The second-order valence-electron chi connectivity index (χ2n) is 2.57. The lowest BCUT2D eigenvalue weighted by molar-refractivity contribution is 0.151. The van der Waals surface area contributed by atoms with Crippen LogP contribution >= 0.6 is 11.6 Å². The highest BCUT2D eigenvalue weighted by atomic mass is 35.5. The van der Waals surface area contributed by atoms with Crippen LogP contribution in [-0.2, 0) is 0 Å². The molecule has 0 saturated carbocycles. The summed E-state index contributed by atoms with van der Waals surface area (Å²) in [7, 11) is 0. The number of hydrogen-bond acceptors (Lipinski definition) is 1. The molecule has 0 unspecified atom stereocenters. The van der Waals surface area contributed by atoms with Gasteiger partial charge < -0.3 is 0 Å². The average Bonchev–Trinajstić information content (AvgIpc) is 2.51. The minimum absolute atomic E-state index is 0.108. The van der Waals surface area contributed by atoms with Gasteiger partial charge >= 0.3 is 0 Å². The standard InChI is InChI=1S/C8H5ClF2N2/c9-6-3-5(8(10)11)4-7-12-1-2-13(6)7/h1-4,8H. The summed E-state index contributed by atoms with van der Waals surface area (Å²) in [6, 6.07) is 2.55. The summed E-state index contributed by atoms with van der Waals surface area (Å²) in [6.45, 7) is 0. The van der Waals surface area contributed by atoms with E-state index in [0.717, 1.165) is 0 Å². The average molecular weight is 203 g/mol. The van der Waals surface area contributed by atoms with E-state index in [9.17, 15) is 8.78 Å². The summed E-state index contributed by atoms with van der Waals surface area (Å²) in [5.74, 6) is 0. The number of fused-ring (bicyclic) bond motifs is 1. The summed E-state index contributed by atoms with van der Waals surface area (Å²) >= 11 is 5.74. The van der Waals surface area contributed by atoms with Crippen molar-refractivity contribution in [2.45, 2.75) is 6.43 Å². The van der Waals surface area contributed by atoms with Crippen molar-refractivity contribution >= 4 is 17.2 Å². The second-order valence-corrected chi connectivity index (χ2v) is 2.95. The van der Waals surface area contributed by atoms with Crippen molar-refractivity contribution in [3.8, 4) is 0 Å². The highest BCUT2D eigenvalue weighted by Crippen LogP contribution is 2.23. The number of nitrogens with zero attached hydrogens (tertiary/aromatic N) is 2. The Bertz CT molecular complexity index is 439. The third-order valence-corrected chi connectivity index (χ3v) is 2.02. The van der Waals surface area contributed by atoms with E-state index in [1.807, 2.05) is 0 Å². The minimum Gasteiger partial charge on any atom is -0.290 e. The molecule has 2 aromatic rings. The van der Waals surface area contributed by atoms with Gasteiger partial charge in [0.05, 0.1) is 0 Å². The summed E-state index contributed by atoms with van der Waals surface area (Å²) in [6.07, 6.45) is 0.614. The van der Waals surface area contributed by atoms with Gasteiger partial charge in [-0.3, -0.25) is 4.40 Å². The molecular formula is C8H5ClF2N2. The molecule has 0 atom stereocenters. The molecule has 13 heavy (non-hydrogen) atoms. The Kier molecular flexibility index (Phi) is 1.92. The second kappa shape index (κ2) is 2.96. The Morgan fingerprint density at radius 3 is 2.85 bits per heavy atom. The maximum Gasteiger partial charge on any atom is 0.264 e. The topological polar surface area (TPSA) is 17.3 Å². The van der Waals surface area contributed by atoms with E-state index in [1.165, 1.54) is 22.7 Å². The number of rotatable bonds is 1. The molecule has 0 aromatic carbocycles. The van der Waals surface area contributed by atoms with Crippen LogP contribution in [0, 0.1) is 0 Å². The third-order valence-electron chi connectivity index (χ3n) is 1.73. The molecule has 0 bridgehead atoms. The molecular weight excluding hydrogens is 198 g/mol. The molecule has 2 heterocycles. The minimum atomic E-state index is -2.51. The van der Waals surface area contributed by atoms with Gasteiger partial charge in [-0.2, -0.15) is 0 Å². The Hall–Kier alpha value is -1.16. The van der Waals surface area contributed by atoms with Crippen molar-refractivity contribution in [3.05, 3.63) is 35.2 Å². The molecule has 0 radical (unpaired) electrons. The van der Waals surface area contributed by atoms with Crippen molar-refractivity contribution in [2.24, 2.45) is 0 Å². The van der Waals surface area contributed by atoms with Crippen LogP contribution in [-0.4, -0.2) is 9.38 Å². The van der Waals surface area contributed by atoms with E-state index in [2.05, 4.69) is 4.98 Å². The predicted molar refractivity (Wildman–Crippen MR) is 45.2 cm³/mol. The Morgan fingerprint density at radius 2 is 2.15 bits per heavy atom. The van der Waals surface area contributed by atoms with Crippen LogP contribution in [0.4, 0.5) is 8.78 Å². The number of pyridine rings is 1. The Balaban J connectivity index is 2.70. The van der Waals surface area contributed by atoms with E-state index in [4.69, 9.17) is 11.6 Å². The molecule has 0 aliphatic carbocycles. The predicted octanol–water partition coefficient (Wildman–Crippen LogP) is 2.93. The van der Waals surface area contributed by atoms with Gasteiger partial charge in [0.25, 0.3) is 6.43 Å². The van der Waals surface area contributed by atoms with Crippen LogP contribution in [0.1, 0.15) is 12.0 Å². The van der Waals surface area contributed by atoms with Crippen molar-refractivity contribution in [1.29, 1.82) is 0 Å². The fraction of sp³-hybridized carbons (Fsp3) is 0.125. The van der Waals surface area contributed by atoms with Gasteiger partial charge in [-0.1, -0.05) is 11.6 Å². The van der Waals surface area contributed by atoms with Crippen LogP contribution in [0.15, 0.2) is 24.5 Å². The first-order valence-corrected chi connectivity index (χ1v) is 3.97. The van der Waals surface area contributed by atoms with Crippen LogP contribution in [0.5, 0.6) is 0 Å². The molecule has 2 aromatic heterocycles. The smallest absolute Gasteiger partial charge is 0.264 e. The van der Waals surface area contributed by atoms with Gasteiger partial charge in [-0.05, 0) is 12.1 Å². The number of halogens is 3. The van der Waals surface area contributed by atoms with Crippen LogP contribution in [0.2, 0.25) is 5.15 Å². The SMILES string of the molecule is FC(F)c1cc(Cl)n2ccnc2c1. The first kappa shape index (κ1) is 8.44. The summed E-state index contributed by atoms with van der Waals surface area (Å²) < 4.78 is 26.1. The number of hydrogen-bond donors (Lipinski definition) is 0. The zero-order chi connectivity index (χ0) is 9.42. The normalized spacial score (nSPS) is 11.4. The Morgan fingerprint density at radius 1 is 1.38 bits per heavy atom. The molecule has 0 spiro atoms. The Labute approximate surface area is 77.8 Å². The fourth-order valence-electron chi connectivity index (χ4n) is 1.13. The lowest BCUT2D eigenvalue weighted by atomic mass is 10.3. The first-order chi connectivity index (χ1) is 6.18. The van der Waals surface area contributed by atoms with Gasteiger partial charge in [0.15, 0.2) is 0 Å². The highest BCUT2D eigenvalue weighted by molar-refractivity contribution is 6.29. The molecule has 2 rings (SSSR count). The van der Waals surface area contributed by atoms with Crippen molar-refractivity contribution < 1.29 is 8.78 Å². The molecule has 2 nitrogen and oxygen atoms in total. The van der Waals surface area contributed by atoms with E-state index < -0.39 is 6.43 Å². The summed E-state index contributed by atoms with van der Waals surface area (Å²) in [5, 5.41) is 0.241. The molecule has 0 aliphatic heterocycles. The fourth-order valence-corrected chi connectivity index (χ4v) is 1.40. The van der Waals surface area contributed by atoms with Crippen LogP contribution in [0.25, 0.3) is 5.65 Å².